The summed E-state index contributed by atoms with van der Waals surface area (Å²) in [6.45, 7) is 8.43. The van der Waals surface area contributed by atoms with Crippen LogP contribution in [0.4, 0.5) is 5.69 Å². The summed E-state index contributed by atoms with van der Waals surface area (Å²) in [4.78, 5) is 20.0. The van der Waals surface area contributed by atoms with Gasteiger partial charge in [-0.1, -0.05) is 24.3 Å². The number of benzene rings is 1. The molecular weight excluding hydrogens is 322 g/mol. The lowest BCUT2D eigenvalue weighted by Gasteiger charge is -2.44. The lowest BCUT2D eigenvalue weighted by Crippen LogP contribution is -2.56. The van der Waals surface area contributed by atoms with E-state index in [4.69, 9.17) is 0 Å². The Balaban J connectivity index is 1.34. The number of carbonyl (C=O) groups is 1. The Morgan fingerprint density at radius 3 is 2.58 bits per heavy atom. The first-order valence-electron chi connectivity index (χ1n) is 10.3. The summed E-state index contributed by atoms with van der Waals surface area (Å²) in [5, 5.41) is 0. The van der Waals surface area contributed by atoms with Crippen LogP contribution < -0.4 is 4.90 Å². The molecule has 1 amide bonds. The molecule has 0 bridgehead atoms. The van der Waals surface area contributed by atoms with Crippen molar-refractivity contribution in [2.24, 2.45) is 0 Å². The number of piperazine rings is 1. The number of allylic oxidation sites excluding steroid dienone is 1. The van der Waals surface area contributed by atoms with Crippen molar-refractivity contribution in [2.45, 2.75) is 45.1 Å². The van der Waals surface area contributed by atoms with Crippen molar-refractivity contribution >= 4 is 11.6 Å². The number of amides is 1. The Labute approximate surface area is 157 Å². The van der Waals surface area contributed by atoms with Crippen molar-refractivity contribution < 1.29 is 4.79 Å². The summed E-state index contributed by atoms with van der Waals surface area (Å²) in [5.74, 6) is 0.311. The lowest BCUT2D eigenvalue weighted by atomic mass is 10.0. The third-order valence-electron chi connectivity index (χ3n) is 6.29. The Hall–Kier alpha value is -1.81. The molecule has 0 saturated carbocycles. The number of likely N-dealkylation sites (tertiary alicyclic amines) is 1. The first-order valence-corrected chi connectivity index (χ1v) is 10.3. The molecule has 1 aromatic carbocycles. The van der Waals surface area contributed by atoms with E-state index >= 15 is 0 Å². The molecule has 4 nitrogen and oxygen atoms in total. The average Bonchev–Trinajstić information content (AvgIpc) is 3.23. The molecule has 0 radical (unpaired) electrons. The van der Waals surface area contributed by atoms with E-state index in [1.165, 1.54) is 17.7 Å². The Morgan fingerprint density at radius 1 is 1.04 bits per heavy atom. The lowest BCUT2D eigenvalue weighted by molar-refractivity contribution is -0.129. The number of hydrogen-bond acceptors (Lipinski definition) is 3. The molecule has 140 valence electrons. The normalized spacial score (nSPS) is 24.7. The second-order valence-corrected chi connectivity index (χ2v) is 7.98. The molecular formula is C22H31N3O. The van der Waals surface area contributed by atoms with Gasteiger partial charge in [-0.2, -0.15) is 0 Å². The third kappa shape index (κ3) is 3.66. The number of hydrogen-bond donors (Lipinski definition) is 0. The number of anilines is 1. The summed E-state index contributed by atoms with van der Waals surface area (Å²) in [6.07, 6.45) is 7.75. The van der Waals surface area contributed by atoms with Crippen molar-refractivity contribution in [3.05, 3.63) is 41.5 Å². The smallest absolute Gasteiger partial charge is 0.249 e. The van der Waals surface area contributed by atoms with Gasteiger partial charge in [-0.25, -0.2) is 0 Å². The molecule has 1 aliphatic carbocycles. The Kier molecular flexibility index (Phi) is 5.30. The summed E-state index contributed by atoms with van der Waals surface area (Å²) < 4.78 is 0. The standard InChI is InChI=1S/C22H31N3O/c1-18-7-2-5-11-21(18)24-15-13-23(14-16-24)20-10-6-12-25(17-20)22(26)19-8-3-4-9-19/h2,5,7-8,11,20H,3-4,6,9-10,12-17H2,1H3/t20-/m1/s1. The van der Waals surface area contributed by atoms with Gasteiger partial charge in [0.25, 0.3) is 0 Å². The second kappa shape index (κ2) is 7.83. The van der Waals surface area contributed by atoms with Crippen molar-refractivity contribution in [1.29, 1.82) is 0 Å². The number of carbonyl (C=O) groups excluding carboxylic acids is 1. The first kappa shape index (κ1) is 17.6. The van der Waals surface area contributed by atoms with Gasteiger partial charge in [-0.05, 0) is 50.7 Å². The number of aryl methyl sites for hydroxylation is 1. The zero-order valence-electron chi connectivity index (χ0n) is 16.0. The maximum atomic E-state index is 12.7. The highest BCUT2D eigenvalue weighted by Gasteiger charge is 2.31. The van der Waals surface area contributed by atoms with Crippen molar-refractivity contribution in [2.75, 3.05) is 44.2 Å². The minimum atomic E-state index is 0.311. The van der Waals surface area contributed by atoms with Crippen LogP contribution in [0.2, 0.25) is 0 Å². The van der Waals surface area contributed by atoms with Crippen LogP contribution in [0.5, 0.6) is 0 Å². The van der Waals surface area contributed by atoms with E-state index in [0.29, 0.717) is 11.9 Å². The van der Waals surface area contributed by atoms with Gasteiger partial charge in [0.05, 0.1) is 0 Å². The predicted molar refractivity (Wildman–Crippen MR) is 107 cm³/mol. The molecule has 2 saturated heterocycles. The van der Waals surface area contributed by atoms with E-state index in [1.54, 1.807) is 0 Å². The molecule has 2 heterocycles. The van der Waals surface area contributed by atoms with E-state index in [2.05, 4.69) is 52.0 Å². The van der Waals surface area contributed by atoms with Gasteiger partial charge in [0, 0.05) is 56.6 Å². The molecule has 4 rings (SSSR count). The molecule has 2 fully saturated rings. The SMILES string of the molecule is Cc1ccccc1N1CCN([C@@H]2CCCN(C(=O)C3=CCCC3)C2)CC1. The monoisotopic (exact) mass is 353 g/mol. The maximum absolute atomic E-state index is 12.7. The van der Waals surface area contributed by atoms with Crippen LogP contribution in [0.1, 0.15) is 37.7 Å². The molecule has 1 aromatic rings. The van der Waals surface area contributed by atoms with Gasteiger partial charge in [0.2, 0.25) is 5.91 Å². The van der Waals surface area contributed by atoms with Gasteiger partial charge < -0.3 is 9.80 Å². The Morgan fingerprint density at radius 2 is 1.85 bits per heavy atom. The van der Waals surface area contributed by atoms with Crippen molar-refractivity contribution in [3.63, 3.8) is 0 Å². The topological polar surface area (TPSA) is 26.8 Å². The van der Waals surface area contributed by atoms with Crippen LogP contribution in [0.3, 0.4) is 0 Å². The molecule has 0 spiro atoms. The minimum absolute atomic E-state index is 0.311. The van der Waals surface area contributed by atoms with Crippen LogP contribution >= 0.6 is 0 Å². The molecule has 1 atom stereocenters. The van der Waals surface area contributed by atoms with Gasteiger partial charge in [0.15, 0.2) is 0 Å². The van der Waals surface area contributed by atoms with Gasteiger partial charge in [-0.3, -0.25) is 9.69 Å². The largest absolute Gasteiger partial charge is 0.369 e. The zero-order valence-corrected chi connectivity index (χ0v) is 16.0. The summed E-state index contributed by atoms with van der Waals surface area (Å²) in [7, 11) is 0. The number of piperidine rings is 1. The van der Waals surface area contributed by atoms with E-state index in [9.17, 15) is 4.79 Å². The summed E-state index contributed by atoms with van der Waals surface area (Å²) in [5.41, 5.74) is 3.80. The average molecular weight is 354 g/mol. The maximum Gasteiger partial charge on any atom is 0.249 e. The molecule has 2 aliphatic heterocycles. The van der Waals surface area contributed by atoms with E-state index < -0.39 is 0 Å². The molecule has 0 N–H and O–H groups in total. The first-order chi connectivity index (χ1) is 12.7. The zero-order chi connectivity index (χ0) is 17.9. The van der Waals surface area contributed by atoms with E-state index in [-0.39, 0.29) is 0 Å². The number of rotatable bonds is 3. The molecule has 26 heavy (non-hydrogen) atoms. The molecule has 0 aromatic heterocycles. The fraction of sp³-hybridized carbons (Fsp3) is 0.591. The van der Waals surface area contributed by atoms with Gasteiger partial charge in [0.1, 0.15) is 0 Å². The highest BCUT2D eigenvalue weighted by molar-refractivity contribution is 5.93. The van der Waals surface area contributed by atoms with E-state index in [1.807, 2.05) is 0 Å². The summed E-state index contributed by atoms with van der Waals surface area (Å²) >= 11 is 0. The van der Waals surface area contributed by atoms with Crippen LogP contribution in [0.15, 0.2) is 35.9 Å². The highest BCUT2D eigenvalue weighted by atomic mass is 16.2. The van der Waals surface area contributed by atoms with Crippen LogP contribution in [-0.2, 0) is 4.79 Å². The molecule has 4 heteroatoms. The number of nitrogens with zero attached hydrogens (tertiary/aromatic N) is 3. The fourth-order valence-corrected chi connectivity index (χ4v) is 4.75. The Bertz CT molecular complexity index is 676. The quantitative estimate of drug-likeness (QED) is 0.835. The molecule has 0 unspecified atom stereocenters. The third-order valence-corrected chi connectivity index (χ3v) is 6.29. The highest BCUT2D eigenvalue weighted by Crippen LogP contribution is 2.25. The molecule has 3 aliphatic rings. The van der Waals surface area contributed by atoms with Crippen LogP contribution in [0.25, 0.3) is 0 Å². The van der Waals surface area contributed by atoms with E-state index in [0.717, 1.165) is 70.5 Å². The fourth-order valence-electron chi connectivity index (χ4n) is 4.75. The van der Waals surface area contributed by atoms with Crippen LogP contribution in [0, 0.1) is 6.92 Å². The van der Waals surface area contributed by atoms with Gasteiger partial charge >= 0.3 is 0 Å². The minimum Gasteiger partial charge on any atom is -0.369 e. The van der Waals surface area contributed by atoms with Gasteiger partial charge in [-0.15, -0.1) is 0 Å². The van der Waals surface area contributed by atoms with Crippen LogP contribution in [-0.4, -0.2) is 61.0 Å². The number of para-hydroxylation sites is 1. The second-order valence-electron chi connectivity index (χ2n) is 7.98. The van der Waals surface area contributed by atoms with Crippen molar-refractivity contribution in [3.8, 4) is 0 Å². The van der Waals surface area contributed by atoms with Crippen molar-refractivity contribution in [1.82, 2.24) is 9.80 Å². The summed E-state index contributed by atoms with van der Waals surface area (Å²) in [6, 6.07) is 9.22. The predicted octanol–water partition coefficient (Wildman–Crippen LogP) is 3.22.